The van der Waals surface area contributed by atoms with Crippen LogP contribution in [0.4, 0.5) is 5.82 Å². The van der Waals surface area contributed by atoms with Gasteiger partial charge in [0.2, 0.25) is 5.88 Å². The third kappa shape index (κ3) is 6.09. The van der Waals surface area contributed by atoms with Crippen LogP contribution < -0.4 is 10.1 Å². The van der Waals surface area contributed by atoms with Gasteiger partial charge in [-0.05, 0) is 19.4 Å². The number of nitrogens with one attached hydrogen (secondary N) is 1. The number of ether oxygens (including phenoxy) is 2. The van der Waals surface area contributed by atoms with Crippen LogP contribution in [0.5, 0.6) is 5.88 Å². The Kier molecular flexibility index (Phi) is 7.09. The molecular formula is C12H20N2O3. The molecule has 1 heterocycles. The third-order valence-electron chi connectivity index (χ3n) is 2.02. The normalized spacial score (nSPS) is 10.2. The number of hydrogen-bond acceptors (Lipinski definition) is 5. The van der Waals surface area contributed by atoms with E-state index in [0.717, 1.165) is 18.8 Å². The van der Waals surface area contributed by atoms with Crippen molar-refractivity contribution < 1.29 is 14.6 Å². The molecule has 17 heavy (non-hydrogen) atoms. The van der Waals surface area contributed by atoms with Crippen LogP contribution in [-0.2, 0) is 4.74 Å². The number of aliphatic hydroxyl groups is 1. The lowest BCUT2D eigenvalue weighted by Crippen LogP contribution is -2.08. The molecule has 0 fully saturated rings. The Bertz CT molecular complexity index is 308. The topological polar surface area (TPSA) is 63.6 Å². The van der Waals surface area contributed by atoms with Gasteiger partial charge in [-0.1, -0.05) is 6.07 Å². The number of pyridine rings is 1. The van der Waals surface area contributed by atoms with E-state index in [4.69, 9.17) is 14.6 Å². The summed E-state index contributed by atoms with van der Waals surface area (Å²) in [5.74, 6) is 1.44. The monoisotopic (exact) mass is 240 g/mol. The second kappa shape index (κ2) is 8.78. The van der Waals surface area contributed by atoms with Crippen molar-refractivity contribution >= 4 is 5.82 Å². The van der Waals surface area contributed by atoms with E-state index in [2.05, 4.69) is 10.3 Å². The van der Waals surface area contributed by atoms with Gasteiger partial charge in [-0.25, -0.2) is 0 Å². The van der Waals surface area contributed by atoms with Gasteiger partial charge < -0.3 is 19.9 Å². The molecule has 0 aromatic carbocycles. The molecule has 0 aliphatic rings. The molecule has 5 heteroatoms. The van der Waals surface area contributed by atoms with Gasteiger partial charge in [-0.2, -0.15) is 4.98 Å². The first-order chi connectivity index (χ1) is 8.36. The van der Waals surface area contributed by atoms with Crippen molar-refractivity contribution in [3.63, 3.8) is 0 Å². The first-order valence-corrected chi connectivity index (χ1v) is 5.89. The highest BCUT2D eigenvalue weighted by Crippen LogP contribution is 2.10. The Balaban J connectivity index is 2.19. The van der Waals surface area contributed by atoms with E-state index in [1.54, 1.807) is 0 Å². The van der Waals surface area contributed by atoms with Gasteiger partial charge in [0.1, 0.15) is 5.82 Å². The van der Waals surface area contributed by atoms with Gasteiger partial charge in [-0.3, -0.25) is 0 Å². The smallest absolute Gasteiger partial charge is 0.215 e. The first kappa shape index (κ1) is 13.7. The lowest BCUT2D eigenvalue weighted by atomic mass is 10.4. The average Bonchev–Trinajstić information content (AvgIpc) is 2.35. The molecule has 0 aliphatic heterocycles. The fourth-order valence-electron chi connectivity index (χ4n) is 1.30. The number of hydrogen-bond donors (Lipinski definition) is 2. The van der Waals surface area contributed by atoms with Crippen molar-refractivity contribution in [2.75, 3.05) is 38.3 Å². The van der Waals surface area contributed by atoms with Crippen LogP contribution in [0.15, 0.2) is 18.2 Å². The van der Waals surface area contributed by atoms with E-state index in [9.17, 15) is 0 Å². The molecule has 1 rings (SSSR count). The molecule has 5 nitrogen and oxygen atoms in total. The number of nitrogens with zero attached hydrogens (tertiary/aromatic N) is 1. The van der Waals surface area contributed by atoms with Crippen molar-refractivity contribution in [3.8, 4) is 5.88 Å². The maximum Gasteiger partial charge on any atom is 0.215 e. The number of anilines is 1. The molecule has 1 aromatic heterocycles. The van der Waals surface area contributed by atoms with E-state index in [-0.39, 0.29) is 6.61 Å². The highest BCUT2D eigenvalue weighted by atomic mass is 16.5. The molecule has 0 unspecified atom stereocenters. The van der Waals surface area contributed by atoms with Crippen LogP contribution in [-0.4, -0.2) is 43.1 Å². The van der Waals surface area contributed by atoms with Crippen LogP contribution in [0.25, 0.3) is 0 Å². The summed E-state index contributed by atoms with van der Waals surface area (Å²) in [5.41, 5.74) is 0. The summed E-state index contributed by atoms with van der Waals surface area (Å²) in [4.78, 5) is 4.28. The summed E-state index contributed by atoms with van der Waals surface area (Å²) in [7, 11) is 0. The Morgan fingerprint density at radius 2 is 2.24 bits per heavy atom. The maximum atomic E-state index is 8.52. The number of aliphatic hydroxyl groups excluding tert-OH is 1. The molecule has 96 valence electrons. The van der Waals surface area contributed by atoms with Crippen molar-refractivity contribution in [2.45, 2.75) is 13.3 Å². The molecule has 0 spiro atoms. The highest BCUT2D eigenvalue weighted by molar-refractivity contribution is 5.36. The minimum atomic E-state index is 0.0748. The molecule has 0 saturated heterocycles. The van der Waals surface area contributed by atoms with E-state index >= 15 is 0 Å². The number of rotatable bonds is 9. The quantitative estimate of drug-likeness (QED) is 0.637. The fraction of sp³-hybridized carbons (Fsp3) is 0.583. The second-order valence-electron chi connectivity index (χ2n) is 3.41. The summed E-state index contributed by atoms with van der Waals surface area (Å²) in [6.07, 6.45) is 0.876. The molecule has 2 N–H and O–H groups in total. The molecule has 0 radical (unpaired) electrons. The lowest BCUT2D eigenvalue weighted by molar-refractivity contribution is 0.0922. The molecule has 0 atom stereocenters. The van der Waals surface area contributed by atoms with Crippen molar-refractivity contribution in [3.05, 3.63) is 18.2 Å². The molecule has 0 amide bonds. The van der Waals surface area contributed by atoms with Crippen LogP contribution in [0.2, 0.25) is 0 Å². The highest BCUT2D eigenvalue weighted by Gasteiger charge is 1.97. The van der Waals surface area contributed by atoms with Gasteiger partial charge in [-0.15, -0.1) is 0 Å². The van der Waals surface area contributed by atoms with E-state index in [1.165, 1.54) is 0 Å². The van der Waals surface area contributed by atoms with Crippen molar-refractivity contribution in [2.24, 2.45) is 0 Å². The Morgan fingerprint density at radius 3 is 3.00 bits per heavy atom. The Hall–Kier alpha value is -1.33. The maximum absolute atomic E-state index is 8.52. The first-order valence-electron chi connectivity index (χ1n) is 5.89. The number of aromatic nitrogens is 1. The van der Waals surface area contributed by atoms with Crippen LogP contribution in [0.3, 0.4) is 0 Å². The van der Waals surface area contributed by atoms with E-state index < -0.39 is 0 Å². The van der Waals surface area contributed by atoms with Gasteiger partial charge >= 0.3 is 0 Å². The molecule has 0 aliphatic carbocycles. The van der Waals surface area contributed by atoms with Crippen LogP contribution in [0.1, 0.15) is 13.3 Å². The standard InChI is InChI=1S/C12H20N2O3/c1-2-17-12-6-3-5-11(14-12)13-7-4-9-16-10-8-15/h3,5-6,15H,2,4,7-10H2,1H3,(H,13,14). The van der Waals surface area contributed by atoms with Crippen molar-refractivity contribution in [1.29, 1.82) is 0 Å². The molecule has 0 bridgehead atoms. The van der Waals surface area contributed by atoms with Crippen molar-refractivity contribution in [1.82, 2.24) is 4.98 Å². The average molecular weight is 240 g/mol. The molecule has 0 saturated carbocycles. The van der Waals surface area contributed by atoms with Crippen LogP contribution >= 0.6 is 0 Å². The molecular weight excluding hydrogens is 220 g/mol. The largest absolute Gasteiger partial charge is 0.478 e. The minimum Gasteiger partial charge on any atom is -0.478 e. The summed E-state index contributed by atoms with van der Waals surface area (Å²) < 4.78 is 10.5. The zero-order chi connectivity index (χ0) is 12.3. The Labute approximate surface area is 102 Å². The third-order valence-corrected chi connectivity index (χ3v) is 2.02. The van der Waals surface area contributed by atoms with Gasteiger partial charge in [0.05, 0.1) is 19.8 Å². The van der Waals surface area contributed by atoms with Crippen LogP contribution in [0, 0.1) is 0 Å². The summed E-state index contributed by atoms with van der Waals surface area (Å²) in [6.45, 7) is 4.45. The summed E-state index contributed by atoms with van der Waals surface area (Å²) in [6, 6.07) is 5.64. The van der Waals surface area contributed by atoms with Gasteiger partial charge in [0, 0.05) is 19.2 Å². The Morgan fingerprint density at radius 1 is 1.35 bits per heavy atom. The van der Waals surface area contributed by atoms with Gasteiger partial charge in [0.15, 0.2) is 0 Å². The predicted octanol–water partition coefficient (Wildman–Crippen LogP) is 1.29. The lowest BCUT2D eigenvalue weighted by Gasteiger charge is -2.07. The summed E-state index contributed by atoms with van der Waals surface area (Å²) >= 11 is 0. The minimum absolute atomic E-state index is 0.0748. The second-order valence-corrected chi connectivity index (χ2v) is 3.41. The zero-order valence-corrected chi connectivity index (χ0v) is 10.2. The predicted molar refractivity (Wildman–Crippen MR) is 66.4 cm³/mol. The SMILES string of the molecule is CCOc1cccc(NCCCOCCO)n1. The molecule has 1 aromatic rings. The van der Waals surface area contributed by atoms with Gasteiger partial charge in [0.25, 0.3) is 0 Å². The van der Waals surface area contributed by atoms with E-state index in [0.29, 0.717) is 25.7 Å². The van der Waals surface area contributed by atoms with E-state index in [1.807, 2.05) is 25.1 Å². The zero-order valence-electron chi connectivity index (χ0n) is 10.2. The summed E-state index contributed by atoms with van der Waals surface area (Å²) in [5, 5.41) is 11.7. The fourth-order valence-corrected chi connectivity index (χ4v) is 1.30.